The molecule has 0 bridgehead atoms. The summed E-state index contributed by atoms with van der Waals surface area (Å²) in [5.41, 5.74) is 0. The number of rotatable bonds is 5. The number of carbonyl (C=O) groups is 1. The molecule has 0 aromatic rings. The van der Waals surface area contributed by atoms with Crippen molar-refractivity contribution in [1.82, 2.24) is 14.3 Å². The van der Waals surface area contributed by atoms with E-state index in [-0.39, 0.29) is 17.9 Å². The molecule has 2 aliphatic heterocycles. The first kappa shape index (κ1) is 16.7. The van der Waals surface area contributed by atoms with E-state index >= 15 is 0 Å². The Morgan fingerprint density at radius 3 is 2.57 bits per heavy atom. The van der Waals surface area contributed by atoms with Crippen LogP contribution in [0.25, 0.3) is 0 Å². The van der Waals surface area contributed by atoms with Crippen LogP contribution in [0.1, 0.15) is 32.1 Å². The van der Waals surface area contributed by atoms with Gasteiger partial charge in [0, 0.05) is 25.7 Å². The lowest BCUT2D eigenvalue weighted by molar-refractivity contribution is -0.146. The van der Waals surface area contributed by atoms with E-state index < -0.39 is 10.2 Å². The van der Waals surface area contributed by atoms with Gasteiger partial charge in [-0.25, -0.2) is 4.72 Å². The summed E-state index contributed by atoms with van der Waals surface area (Å²) in [7, 11) is -2.08. The van der Waals surface area contributed by atoms with Crippen molar-refractivity contribution in [3.05, 3.63) is 0 Å². The molecular weight excluding hydrogens is 294 g/mol. The van der Waals surface area contributed by atoms with Gasteiger partial charge in [0.05, 0.1) is 13.0 Å². The molecule has 2 fully saturated rings. The Hall–Kier alpha value is -0.700. The fourth-order valence-corrected chi connectivity index (χ4v) is 4.18. The number of esters is 1. The molecule has 0 radical (unpaired) electrons. The lowest BCUT2D eigenvalue weighted by Gasteiger charge is -2.31. The highest BCUT2D eigenvalue weighted by atomic mass is 32.2. The Morgan fingerprint density at radius 1 is 1.29 bits per heavy atom. The van der Waals surface area contributed by atoms with Crippen LogP contribution in [-0.2, 0) is 19.7 Å². The molecule has 0 spiro atoms. The minimum Gasteiger partial charge on any atom is -0.469 e. The molecule has 0 amide bonds. The van der Waals surface area contributed by atoms with Gasteiger partial charge < -0.3 is 10.1 Å². The molecule has 0 aromatic heterocycles. The SMILES string of the molecule is COC(=O)C1CCN(S(=O)(=O)NCC2CCCCN2)CC1. The van der Waals surface area contributed by atoms with E-state index in [1.165, 1.54) is 11.4 Å². The van der Waals surface area contributed by atoms with Gasteiger partial charge in [-0.1, -0.05) is 6.42 Å². The van der Waals surface area contributed by atoms with Crippen LogP contribution >= 0.6 is 0 Å². The number of hydrogen-bond acceptors (Lipinski definition) is 5. The Morgan fingerprint density at radius 2 is 2.00 bits per heavy atom. The molecule has 0 aliphatic carbocycles. The second kappa shape index (κ2) is 7.53. The summed E-state index contributed by atoms with van der Waals surface area (Å²) in [6.45, 7) is 2.12. The van der Waals surface area contributed by atoms with E-state index in [4.69, 9.17) is 4.74 Å². The summed E-state index contributed by atoms with van der Waals surface area (Å²) in [6.07, 6.45) is 4.35. The normalized spacial score (nSPS) is 25.7. The molecule has 2 aliphatic rings. The van der Waals surface area contributed by atoms with Crippen LogP contribution in [0.2, 0.25) is 0 Å². The van der Waals surface area contributed by atoms with Crippen LogP contribution in [0.15, 0.2) is 0 Å². The van der Waals surface area contributed by atoms with Gasteiger partial charge in [0.15, 0.2) is 0 Å². The molecule has 2 N–H and O–H groups in total. The average molecular weight is 319 g/mol. The van der Waals surface area contributed by atoms with Crippen LogP contribution in [0.3, 0.4) is 0 Å². The van der Waals surface area contributed by atoms with Crippen molar-refractivity contribution in [3.8, 4) is 0 Å². The molecular formula is C13H25N3O4S. The van der Waals surface area contributed by atoms with Crippen molar-refractivity contribution in [1.29, 1.82) is 0 Å². The van der Waals surface area contributed by atoms with Crippen molar-refractivity contribution < 1.29 is 17.9 Å². The van der Waals surface area contributed by atoms with Crippen molar-refractivity contribution in [2.75, 3.05) is 33.3 Å². The maximum Gasteiger partial charge on any atom is 0.308 e. The van der Waals surface area contributed by atoms with Gasteiger partial charge in [0.1, 0.15) is 0 Å². The molecule has 122 valence electrons. The number of methoxy groups -OCH3 is 1. The van der Waals surface area contributed by atoms with Crippen LogP contribution in [-0.4, -0.2) is 58.0 Å². The first-order valence-corrected chi connectivity index (χ1v) is 9.03. The molecule has 0 aromatic carbocycles. The van der Waals surface area contributed by atoms with Crippen molar-refractivity contribution in [2.45, 2.75) is 38.1 Å². The van der Waals surface area contributed by atoms with Crippen molar-refractivity contribution >= 4 is 16.2 Å². The van der Waals surface area contributed by atoms with Crippen LogP contribution in [0, 0.1) is 5.92 Å². The largest absolute Gasteiger partial charge is 0.469 e. The zero-order valence-electron chi connectivity index (χ0n) is 12.5. The number of ether oxygens (including phenoxy) is 1. The minimum atomic E-state index is -3.45. The summed E-state index contributed by atoms with van der Waals surface area (Å²) >= 11 is 0. The Labute approximate surface area is 126 Å². The third-order valence-corrected chi connectivity index (χ3v) is 5.83. The minimum absolute atomic E-state index is 0.179. The Bertz CT molecular complexity index is 440. The molecule has 2 saturated heterocycles. The van der Waals surface area contributed by atoms with E-state index in [2.05, 4.69) is 10.0 Å². The summed E-state index contributed by atoms with van der Waals surface area (Å²) < 4.78 is 33.3. The third-order valence-electron chi connectivity index (χ3n) is 4.25. The van der Waals surface area contributed by atoms with Gasteiger partial charge in [-0.2, -0.15) is 12.7 Å². The number of hydrogen-bond donors (Lipinski definition) is 2. The summed E-state index contributed by atoms with van der Waals surface area (Å²) in [6, 6.07) is 0.223. The molecule has 1 unspecified atom stereocenters. The third kappa shape index (κ3) is 4.64. The lowest BCUT2D eigenvalue weighted by Crippen LogP contribution is -2.50. The first-order valence-electron chi connectivity index (χ1n) is 7.59. The highest BCUT2D eigenvalue weighted by Crippen LogP contribution is 2.20. The quantitative estimate of drug-likeness (QED) is 0.688. The zero-order chi connectivity index (χ0) is 15.3. The molecule has 0 saturated carbocycles. The molecule has 2 heterocycles. The Balaban J connectivity index is 1.79. The van der Waals surface area contributed by atoms with Crippen LogP contribution in [0.4, 0.5) is 0 Å². The van der Waals surface area contributed by atoms with Gasteiger partial charge in [0.2, 0.25) is 0 Å². The first-order chi connectivity index (χ1) is 10.0. The van der Waals surface area contributed by atoms with Crippen LogP contribution < -0.4 is 10.0 Å². The highest BCUT2D eigenvalue weighted by Gasteiger charge is 2.31. The fourth-order valence-electron chi connectivity index (χ4n) is 2.89. The molecule has 2 rings (SSSR count). The summed E-state index contributed by atoms with van der Waals surface area (Å²) in [5, 5.41) is 3.32. The van der Waals surface area contributed by atoms with Gasteiger partial charge >= 0.3 is 5.97 Å². The van der Waals surface area contributed by atoms with Crippen molar-refractivity contribution in [3.63, 3.8) is 0 Å². The van der Waals surface area contributed by atoms with Gasteiger partial charge in [-0.3, -0.25) is 4.79 Å². The topological polar surface area (TPSA) is 87.7 Å². The number of piperidine rings is 2. The van der Waals surface area contributed by atoms with Gasteiger partial charge in [-0.05, 0) is 32.2 Å². The molecule has 21 heavy (non-hydrogen) atoms. The highest BCUT2D eigenvalue weighted by molar-refractivity contribution is 7.87. The van der Waals surface area contributed by atoms with Crippen LogP contribution in [0.5, 0.6) is 0 Å². The zero-order valence-corrected chi connectivity index (χ0v) is 13.3. The smallest absolute Gasteiger partial charge is 0.308 e. The molecule has 1 atom stereocenters. The summed E-state index contributed by atoms with van der Waals surface area (Å²) in [5.74, 6) is -0.423. The maximum absolute atomic E-state index is 12.2. The number of carbonyl (C=O) groups excluding carboxylic acids is 1. The summed E-state index contributed by atoms with van der Waals surface area (Å²) in [4.78, 5) is 11.4. The molecule has 7 nitrogen and oxygen atoms in total. The monoisotopic (exact) mass is 319 g/mol. The lowest BCUT2D eigenvalue weighted by atomic mass is 9.99. The number of nitrogens with zero attached hydrogens (tertiary/aromatic N) is 1. The van der Waals surface area contributed by atoms with Gasteiger partial charge in [0.25, 0.3) is 10.2 Å². The maximum atomic E-state index is 12.2. The number of nitrogens with one attached hydrogen (secondary N) is 2. The second-order valence-electron chi connectivity index (χ2n) is 5.70. The van der Waals surface area contributed by atoms with E-state index in [1.54, 1.807) is 0 Å². The van der Waals surface area contributed by atoms with Crippen molar-refractivity contribution in [2.24, 2.45) is 5.92 Å². The molecule has 8 heteroatoms. The predicted molar refractivity (Wildman–Crippen MR) is 78.9 cm³/mol. The average Bonchev–Trinajstić information content (AvgIpc) is 2.53. The van der Waals surface area contributed by atoms with E-state index in [0.717, 1.165) is 25.8 Å². The van der Waals surface area contributed by atoms with E-state index in [0.29, 0.717) is 32.5 Å². The fraction of sp³-hybridized carbons (Fsp3) is 0.923. The van der Waals surface area contributed by atoms with E-state index in [9.17, 15) is 13.2 Å². The van der Waals surface area contributed by atoms with Gasteiger partial charge in [-0.15, -0.1) is 0 Å². The predicted octanol–water partition coefficient (Wildman–Crippen LogP) is -0.152. The second-order valence-corrected chi connectivity index (χ2v) is 7.45. The standard InChI is InChI=1S/C13H25N3O4S/c1-20-13(17)11-5-8-16(9-6-11)21(18,19)15-10-12-4-2-3-7-14-12/h11-12,14-15H,2-10H2,1H3. The Kier molecular flexibility index (Phi) is 5.98. The van der Waals surface area contributed by atoms with E-state index in [1.807, 2.05) is 0 Å².